The number of hydrogen-bond acceptors (Lipinski definition) is 14. The second-order valence-corrected chi connectivity index (χ2v) is 12.5. The Labute approximate surface area is 340 Å². The molecule has 8 aromatic rings. The van der Waals surface area contributed by atoms with Crippen molar-refractivity contribution in [1.29, 1.82) is 0 Å². The molecule has 0 atom stereocenters. The molecule has 0 saturated carbocycles. The molecule has 0 radical (unpaired) electrons. The zero-order valence-electron chi connectivity index (χ0n) is 29.1. The maximum atomic E-state index is 8.49. The Kier molecular flexibility index (Phi) is 16.2. The predicted molar refractivity (Wildman–Crippen MR) is 180 cm³/mol. The molecule has 2 aromatic carbocycles. The molecule has 6 heterocycles. The van der Waals surface area contributed by atoms with E-state index < -0.39 is 20.5 Å². The van der Waals surface area contributed by atoms with Gasteiger partial charge in [-0.2, -0.15) is 10.2 Å². The Morgan fingerprint density at radius 2 is 0.684 bits per heavy atom. The van der Waals surface area contributed by atoms with Gasteiger partial charge in [-0.3, -0.25) is 9.97 Å². The molecule has 16 nitrogen and oxygen atoms in total. The largest absolute Gasteiger partial charge is 2.00 e. The molecule has 6 aromatic heterocycles. The summed E-state index contributed by atoms with van der Waals surface area (Å²) in [4.78, 5) is 18.0. The van der Waals surface area contributed by atoms with Crippen LogP contribution >= 0.6 is 0 Å². The average molecular weight is 851 g/mol. The molecule has 0 N–H and O–H groups in total. The average Bonchev–Trinajstić information content (AvgIpc) is 3.91. The van der Waals surface area contributed by atoms with Crippen LogP contribution in [0.1, 0.15) is 0 Å². The maximum Gasteiger partial charge on any atom is 2.00 e. The smallest absolute Gasteiger partial charge is 0.255 e. The van der Waals surface area contributed by atoms with E-state index in [9.17, 15) is 0 Å². The van der Waals surface area contributed by atoms with Crippen LogP contribution in [0.3, 0.4) is 0 Å². The summed E-state index contributed by atoms with van der Waals surface area (Å²) < 4.78 is 71.5. The van der Waals surface area contributed by atoms with E-state index in [2.05, 4.69) is 30.1 Å². The maximum absolute atomic E-state index is 8.49. The summed E-state index contributed by atoms with van der Waals surface area (Å²) in [6, 6.07) is 47.5. The van der Waals surface area contributed by atoms with Gasteiger partial charge in [0.25, 0.3) is 0 Å². The molecule has 0 amide bonds. The molecule has 0 fully saturated rings. The van der Waals surface area contributed by atoms with E-state index in [1.165, 1.54) is 0 Å². The van der Waals surface area contributed by atoms with Gasteiger partial charge < -0.3 is 0 Å². The number of nitrogens with zero attached hydrogens (tertiary/aromatic N) is 8. The van der Waals surface area contributed by atoms with Gasteiger partial charge in [-0.05, 0) is 60.7 Å². The van der Waals surface area contributed by atoms with Crippen LogP contribution < -0.4 is 37.3 Å². The summed E-state index contributed by atoms with van der Waals surface area (Å²) in [5.41, 5.74) is 7.40. The summed E-state index contributed by atoms with van der Waals surface area (Å²) in [6.07, 6.45) is 7.38. The zero-order chi connectivity index (χ0) is 40.0. The molecule has 0 aliphatic heterocycles. The van der Waals surface area contributed by atoms with Gasteiger partial charge in [-0.1, -0.05) is 84.9 Å². The van der Waals surface area contributed by atoms with Crippen molar-refractivity contribution in [2.45, 2.75) is 0 Å². The SMILES string of the molecule is [Fe+2].[O-][Cl+3]([O-])([O-])[O-].[O-][Cl+3]([O-])([O-])[O-].c1ccc(-c2ccn(-c3cccc(-c4ccccn4)n3)n2)cc1.c1ccc(-c2ccn(-c3cccc(-c4ccccn4)n3)n2)cc1. The van der Waals surface area contributed by atoms with Crippen LogP contribution in [0, 0.1) is 20.5 Å². The third-order valence-corrected chi connectivity index (χ3v) is 7.11. The fourth-order valence-electron chi connectivity index (χ4n) is 4.84. The van der Waals surface area contributed by atoms with E-state index in [-0.39, 0.29) is 17.1 Å². The van der Waals surface area contributed by atoms with Crippen molar-refractivity contribution in [3.8, 4) is 56.9 Å². The van der Waals surface area contributed by atoms with Gasteiger partial charge in [0.05, 0.1) is 34.2 Å². The third kappa shape index (κ3) is 15.0. The minimum absolute atomic E-state index is 0. The molecule has 0 spiro atoms. The van der Waals surface area contributed by atoms with Crippen molar-refractivity contribution in [1.82, 2.24) is 39.5 Å². The van der Waals surface area contributed by atoms with Crippen LogP contribution in [-0.2, 0) is 17.1 Å². The van der Waals surface area contributed by atoms with Crippen molar-refractivity contribution < 1.29 is 74.8 Å². The normalized spacial score (nSPS) is 10.7. The molecule has 0 aliphatic rings. The standard InChI is InChI=1S/2C19H14N4.2ClHO4.Fe/c2*1-2-7-15(8-3-1)16-12-14-23(22-16)19-11-6-10-18(21-19)17-9-4-5-13-20-17;2*2-1(3,4)5;/h2*1-14H;2*(H,2,3,4,5);/q;;;;+2/p-2. The van der Waals surface area contributed by atoms with Gasteiger partial charge in [0.15, 0.2) is 11.6 Å². The van der Waals surface area contributed by atoms with Gasteiger partial charge in [0.1, 0.15) is 0 Å². The van der Waals surface area contributed by atoms with Crippen molar-refractivity contribution in [3.05, 3.63) is 170 Å². The summed E-state index contributed by atoms with van der Waals surface area (Å²) >= 11 is 0. The Hall–Kier alpha value is -5.76. The van der Waals surface area contributed by atoms with Crippen LogP contribution in [0.5, 0.6) is 0 Å². The number of aromatic nitrogens is 8. The van der Waals surface area contributed by atoms with Crippen LogP contribution in [0.4, 0.5) is 0 Å². The van der Waals surface area contributed by atoms with E-state index in [1.807, 2.05) is 158 Å². The molecule has 57 heavy (non-hydrogen) atoms. The molecule has 8 rings (SSSR count). The Morgan fingerprint density at radius 1 is 0.351 bits per heavy atom. The fraction of sp³-hybridized carbons (Fsp3) is 0. The van der Waals surface area contributed by atoms with Crippen molar-refractivity contribution in [2.75, 3.05) is 0 Å². The number of hydrogen-bond donors (Lipinski definition) is 0. The van der Waals surface area contributed by atoms with Gasteiger partial charge in [-0.15, -0.1) is 20.5 Å². The Bertz CT molecular complexity index is 2210. The van der Waals surface area contributed by atoms with Crippen molar-refractivity contribution in [2.24, 2.45) is 0 Å². The van der Waals surface area contributed by atoms with Gasteiger partial charge in [-0.25, -0.2) is 56.6 Å². The van der Waals surface area contributed by atoms with E-state index in [0.717, 1.165) is 56.9 Å². The van der Waals surface area contributed by atoms with Gasteiger partial charge in [0.2, 0.25) is 0 Å². The first-order valence-corrected chi connectivity index (χ1v) is 18.5. The van der Waals surface area contributed by atoms with Crippen molar-refractivity contribution in [3.63, 3.8) is 0 Å². The first-order valence-electron chi connectivity index (χ1n) is 16.0. The van der Waals surface area contributed by atoms with Crippen LogP contribution in [-0.4, -0.2) is 39.5 Å². The number of pyridine rings is 4. The minimum Gasteiger partial charge on any atom is -0.255 e. The topological polar surface area (TPSA) is 272 Å². The second kappa shape index (κ2) is 21.0. The number of halogens is 2. The molecular weight excluding hydrogens is 823 g/mol. The molecule has 290 valence electrons. The molecular formula is C38H28Cl2FeN8O8. The second-order valence-electron chi connectivity index (χ2n) is 11.0. The summed E-state index contributed by atoms with van der Waals surface area (Å²) in [6.45, 7) is 0. The van der Waals surface area contributed by atoms with Gasteiger partial charge in [0, 0.05) is 35.9 Å². The first-order chi connectivity index (χ1) is 26.8. The van der Waals surface area contributed by atoms with Crippen molar-refractivity contribution >= 4 is 0 Å². The summed E-state index contributed by atoms with van der Waals surface area (Å²) in [5.74, 6) is 1.55. The third-order valence-electron chi connectivity index (χ3n) is 7.11. The van der Waals surface area contributed by atoms with Crippen LogP contribution in [0.25, 0.3) is 56.9 Å². The predicted octanol–water partition coefficient (Wildman–Crippen LogP) is -1.52. The van der Waals surface area contributed by atoms with Crippen LogP contribution in [0.2, 0.25) is 0 Å². The zero-order valence-corrected chi connectivity index (χ0v) is 31.7. The Balaban J connectivity index is 0.000000202. The van der Waals surface area contributed by atoms with Gasteiger partial charge >= 0.3 is 17.1 Å². The Morgan fingerprint density at radius 3 is 1.02 bits per heavy atom. The molecule has 0 bridgehead atoms. The van der Waals surface area contributed by atoms with Crippen LogP contribution in [0.15, 0.2) is 170 Å². The molecule has 19 heteroatoms. The monoisotopic (exact) mass is 850 g/mol. The van der Waals surface area contributed by atoms with E-state index in [4.69, 9.17) is 37.3 Å². The molecule has 0 unspecified atom stereocenters. The number of benzene rings is 2. The fourth-order valence-corrected chi connectivity index (χ4v) is 4.84. The van der Waals surface area contributed by atoms with E-state index >= 15 is 0 Å². The van der Waals surface area contributed by atoms with E-state index in [0.29, 0.717) is 0 Å². The summed E-state index contributed by atoms with van der Waals surface area (Å²) in [5, 5.41) is 9.24. The summed E-state index contributed by atoms with van der Waals surface area (Å²) in [7, 11) is -9.89. The first kappa shape index (κ1) is 44.0. The number of rotatable bonds is 6. The molecule has 0 aliphatic carbocycles. The quantitative estimate of drug-likeness (QED) is 0.172. The molecule has 0 saturated heterocycles. The van der Waals surface area contributed by atoms with E-state index in [1.54, 1.807) is 21.8 Å². The minimum atomic E-state index is -4.94.